The summed E-state index contributed by atoms with van der Waals surface area (Å²) in [4.78, 5) is 12.0. The Morgan fingerprint density at radius 1 is 1.33 bits per heavy atom. The summed E-state index contributed by atoms with van der Waals surface area (Å²) in [6.45, 7) is 3.03. The minimum atomic E-state index is -3.70. The average molecular weight is 398 g/mol. The molecular weight excluding hydrogens is 372 g/mol. The van der Waals surface area contributed by atoms with Crippen LogP contribution >= 0.6 is 0 Å². The van der Waals surface area contributed by atoms with E-state index in [1.807, 2.05) is 18.2 Å². The molecule has 1 aromatic rings. The number of hydrogen-bond donors (Lipinski definition) is 0. The predicted octanol–water partition coefficient (Wildman–Crippen LogP) is 1.28. The second-order valence-electron chi connectivity index (χ2n) is 6.74. The van der Waals surface area contributed by atoms with Crippen LogP contribution in [-0.2, 0) is 19.7 Å². The van der Waals surface area contributed by atoms with Crippen LogP contribution in [0.1, 0.15) is 19.8 Å². The lowest BCUT2D eigenvalue weighted by atomic mass is 10.0. The molecule has 0 bridgehead atoms. The van der Waals surface area contributed by atoms with Crippen LogP contribution in [0.25, 0.3) is 0 Å². The van der Waals surface area contributed by atoms with Gasteiger partial charge in [-0.15, -0.1) is 0 Å². The van der Waals surface area contributed by atoms with Gasteiger partial charge < -0.3 is 14.2 Å². The first-order valence-corrected chi connectivity index (χ1v) is 10.6. The summed E-state index contributed by atoms with van der Waals surface area (Å²) in [5.41, 5.74) is 0. The van der Waals surface area contributed by atoms with E-state index in [-0.39, 0.29) is 25.7 Å². The zero-order valence-corrected chi connectivity index (χ0v) is 16.5. The highest BCUT2D eigenvalue weighted by atomic mass is 32.2. The Balaban J connectivity index is 1.62. The Morgan fingerprint density at radius 2 is 2.07 bits per heavy atom. The molecule has 0 N–H and O–H groups in total. The van der Waals surface area contributed by atoms with E-state index in [1.54, 1.807) is 13.0 Å². The van der Waals surface area contributed by atoms with Crippen molar-refractivity contribution in [1.29, 1.82) is 0 Å². The van der Waals surface area contributed by atoms with Gasteiger partial charge in [0.25, 0.3) is 10.2 Å². The van der Waals surface area contributed by atoms with Crippen molar-refractivity contribution in [3.8, 4) is 11.5 Å². The lowest BCUT2D eigenvalue weighted by Gasteiger charge is -2.35. The maximum atomic E-state index is 12.9. The third-order valence-corrected chi connectivity index (χ3v) is 6.67. The number of rotatable bonds is 6. The first kappa shape index (κ1) is 19.9. The molecule has 2 aliphatic heterocycles. The van der Waals surface area contributed by atoms with Crippen molar-refractivity contribution in [2.45, 2.75) is 25.9 Å². The van der Waals surface area contributed by atoms with Gasteiger partial charge in [-0.25, -0.2) is 0 Å². The zero-order valence-electron chi connectivity index (χ0n) is 15.7. The molecule has 3 rings (SSSR count). The molecule has 2 heterocycles. The molecule has 8 nitrogen and oxygen atoms in total. The van der Waals surface area contributed by atoms with E-state index in [9.17, 15) is 13.2 Å². The molecule has 0 radical (unpaired) electrons. The van der Waals surface area contributed by atoms with Crippen LogP contribution in [0.3, 0.4) is 0 Å². The van der Waals surface area contributed by atoms with Crippen molar-refractivity contribution in [2.75, 3.05) is 39.9 Å². The quantitative estimate of drug-likeness (QED) is 0.671. The average Bonchev–Trinajstić information content (AvgIpc) is 2.68. The summed E-state index contributed by atoms with van der Waals surface area (Å²) >= 11 is 0. The summed E-state index contributed by atoms with van der Waals surface area (Å²) in [5.74, 6) is 0.524. The fourth-order valence-corrected chi connectivity index (χ4v) is 4.81. The fraction of sp³-hybridized carbons (Fsp3) is 0.611. The number of piperidine rings is 1. The van der Waals surface area contributed by atoms with Crippen molar-refractivity contribution in [3.05, 3.63) is 24.3 Å². The molecule has 2 aliphatic rings. The van der Waals surface area contributed by atoms with E-state index in [2.05, 4.69) is 0 Å². The van der Waals surface area contributed by atoms with Gasteiger partial charge >= 0.3 is 5.97 Å². The summed E-state index contributed by atoms with van der Waals surface area (Å²) < 4.78 is 45.0. The number of fused-ring (bicyclic) bond motifs is 1. The van der Waals surface area contributed by atoms with Gasteiger partial charge in [0.05, 0.1) is 19.1 Å². The van der Waals surface area contributed by atoms with Crippen LogP contribution in [0.4, 0.5) is 0 Å². The summed E-state index contributed by atoms with van der Waals surface area (Å²) in [6, 6.07) is 7.31. The van der Waals surface area contributed by atoms with Gasteiger partial charge in [-0.05, 0) is 31.9 Å². The highest BCUT2D eigenvalue weighted by Crippen LogP contribution is 2.31. The number of nitrogens with zero attached hydrogens (tertiary/aromatic N) is 2. The molecule has 0 amide bonds. The van der Waals surface area contributed by atoms with Crippen molar-refractivity contribution >= 4 is 16.2 Å². The van der Waals surface area contributed by atoms with Crippen LogP contribution in [-0.4, -0.2) is 69.0 Å². The summed E-state index contributed by atoms with van der Waals surface area (Å²) in [6.07, 6.45) is 0.878. The minimum absolute atomic E-state index is 0.149. The summed E-state index contributed by atoms with van der Waals surface area (Å²) in [5, 5.41) is 0. The molecule has 0 aliphatic carbocycles. The highest BCUT2D eigenvalue weighted by Gasteiger charge is 2.36. The standard InChI is InChI=1S/C18H26N2O6S/c1-3-24-18(21)14-7-6-10-20(11-14)27(22,23)19(2)12-15-13-25-16-8-4-5-9-17(16)26-15/h4-5,8-9,14-15H,3,6-7,10-13H2,1-2H3/t14-,15-/m1/s1. The maximum absolute atomic E-state index is 12.9. The third-order valence-electron chi connectivity index (χ3n) is 4.75. The van der Waals surface area contributed by atoms with Gasteiger partial charge in [0.15, 0.2) is 11.5 Å². The van der Waals surface area contributed by atoms with E-state index in [0.717, 1.165) is 0 Å². The van der Waals surface area contributed by atoms with Crippen LogP contribution < -0.4 is 9.47 Å². The molecule has 1 fully saturated rings. The van der Waals surface area contributed by atoms with Gasteiger partial charge in [0.1, 0.15) is 12.7 Å². The Hall–Kier alpha value is -1.84. The van der Waals surface area contributed by atoms with Gasteiger partial charge in [0, 0.05) is 20.1 Å². The molecule has 27 heavy (non-hydrogen) atoms. The molecule has 0 unspecified atom stereocenters. The fourth-order valence-electron chi connectivity index (χ4n) is 3.34. The SMILES string of the molecule is CCOC(=O)[C@@H]1CCCN(S(=O)(=O)N(C)C[C@@H]2COc3ccccc3O2)C1. The Kier molecular flexibility index (Phi) is 6.23. The van der Waals surface area contributed by atoms with Crippen molar-refractivity contribution in [1.82, 2.24) is 8.61 Å². The molecule has 2 atom stereocenters. The summed E-state index contributed by atoms with van der Waals surface area (Å²) in [7, 11) is -2.18. The number of carbonyl (C=O) groups is 1. The Morgan fingerprint density at radius 3 is 2.81 bits per heavy atom. The van der Waals surface area contributed by atoms with E-state index < -0.39 is 22.2 Å². The van der Waals surface area contributed by atoms with Crippen molar-refractivity contribution < 1.29 is 27.4 Å². The Bertz CT molecular complexity index is 769. The second-order valence-corrected chi connectivity index (χ2v) is 8.77. The van der Waals surface area contributed by atoms with E-state index in [1.165, 1.54) is 15.7 Å². The number of esters is 1. The van der Waals surface area contributed by atoms with Gasteiger partial charge in [-0.2, -0.15) is 17.0 Å². The monoisotopic (exact) mass is 398 g/mol. The van der Waals surface area contributed by atoms with Crippen LogP contribution in [0, 0.1) is 5.92 Å². The number of hydrogen-bond acceptors (Lipinski definition) is 6. The van der Waals surface area contributed by atoms with Gasteiger partial charge in [0.2, 0.25) is 0 Å². The predicted molar refractivity (Wildman–Crippen MR) is 98.8 cm³/mol. The molecule has 1 aromatic carbocycles. The minimum Gasteiger partial charge on any atom is -0.486 e. The van der Waals surface area contributed by atoms with Gasteiger partial charge in [-0.3, -0.25) is 4.79 Å². The van der Waals surface area contributed by atoms with E-state index in [0.29, 0.717) is 37.5 Å². The molecule has 150 valence electrons. The van der Waals surface area contributed by atoms with E-state index in [4.69, 9.17) is 14.2 Å². The normalized spacial score (nSPS) is 23.2. The first-order valence-electron chi connectivity index (χ1n) is 9.18. The number of benzene rings is 1. The third kappa shape index (κ3) is 4.53. The molecule has 1 saturated heterocycles. The largest absolute Gasteiger partial charge is 0.486 e. The topological polar surface area (TPSA) is 85.4 Å². The number of likely N-dealkylation sites (N-methyl/N-ethyl adjacent to an activating group) is 1. The lowest BCUT2D eigenvalue weighted by Crippen LogP contribution is -2.51. The zero-order chi connectivity index (χ0) is 19.4. The number of ether oxygens (including phenoxy) is 3. The number of para-hydroxylation sites is 2. The lowest BCUT2D eigenvalue weighted by molar-refractivity contribution is -0.149. The van der Waals surface area contributed by atoms with E-state index >= 15 is 0 Å². The number of carbonyl (C=O) groups excluding carboxylic acids is 1. The van der Waals surface area contributed by atoms with Crippen molar-refractivity contribution in [2.24, 2.45) is 5.92 Å². The maximum Gasteiger partial charge on any atom is 0.310 e. The molecule has 9 heteroatoms. The van der Waals surface area contributed by atoms with Crippen LogP contribution in [0.2, 0.25) is 0 Å². The second kappa shape index (κ2) is 8.45. The molecular formula is C18H26N2O6S. The molecule has 0 saturated carbocycles. The van der Waals surface area contributed by atoms with Crippen LogP contribution in [0.5, 0.6) is 11.5 Å². The smallest absolute Gasteiger partial charge is 0.310 e. The van der Waals surface area contributed by atoms with Crippen LogP contribution in [0.15, 0.2) is 24.3 Å². The Labute approximate surface area is 160 Å². The highest BCUT2D eigenvalue weighted by molar-refractivity contribution is 7.86. The molecule has 0 aromatic heterocycles. The molecule has 0 spiro atoms. The van der Waals surface area contributed by atoms with Gasteiger partial charge in [-0.1, -0.05) is 12.1 Å². The first-order chi connectivity index (χ1) is 12.9. The van der Waals surface area contributed by atoms with Crippen molar-refractivity contribution in [3.63, 3.8) is 0 Å².